The molecule has 0 spiro atoms. The maximum Gasteiger partial charge on any atom is 0.259 e. The molecule has 0 saturated carbocycles. The molecule has 0 unspecified atom stereocenters. The van der Waals surface area contributed by atoms with Gasteiger partial charge in [0.2, 0.25) is 10.0 Å². The number of amides is 1. The Morgan fingerprint density at radius 2 is 1.61 bits per heavy atom. The third-order valence-corrected chi connectivity index (χ3v) is 5.88. The smallest absolute Gasteiger partial charge is 0.259 e. The molecule has 0 atom stereocenters. The fraction of sp³-hybridized carbons (Fsp3) is 0.0833. The molecule has 33 heavy (non-hydrogen) atoms. The van der Waals surface area contributed by atoms with Gasteiger partial charge in [0.25, 0.3) is 5.91 Å². The van der Waals surface area contributed by atoms with Crippen LogP contribution in [0.3, 0.4) is 0 Å². The number of sulfonamides is 1. The standard InChI is InChI=1S/C24H21ClN4O3S/c25-20-10-8-19(9-11-20)23-22(15-29(28-23)14-17-4-2-1-3-5-17)24(30)27-21-12-6-18(7-13-21)16-33(26,31)32/h1-13,15H,14,16H2,(H,27,30)(H2,26,31,32). The number of carbonyl (C=O) groups is 1. The highest BCUT2D eigenvalue weighted by molar-refractivity contribution is 7.88. The summed E-state index contributed by atoms with van der Waals surface area (Å²) < 4.78 is 24.3. The first-order chi connectivity index (χ1) is 15.8. The normalized spacial score (nSPS) is 11.3. The van der Waals surface area contributed by atoms with E-state index in [0.29, 0.717) is 34.1 Å². The number of primary sulfonamides is 1. The maximum atomic E-state index is 13.1. The predicted molar refractivity (Wildman–Crippen MR) is 129 cm³/mol. The van der Waals surface area contributed by atoms with E-state index in [2.05, 4.69) is 10.4 Å². The van der Waals surface area contributed by atoms with Crippen molar-refractivity contribution >= 4 is 33.2 Å². The Bertz CT molecular complexity index is 1370. The number of hydrogen-bond donors (Lipinski definition) is 2. The second-order valence-electron chi connectivity index (χ2n) is 7.54. The van der Waals surface area contributed by atoms with Gasteiger partial charge in [-0.3, -0.25) is 9.48 Å². The third-order valence-electron chi connectivity index (χ3n) is 4.89. The number of carbonyl (C=O) groups excluding carboxylic acids is 1. The zero-order valence-electron chi connectivity index (χ0n) is 17.5. The molecule has 0 radical (unpaired) electrons. The van der Waals surface area contributed by atoms with E-state index >= 15 is 0 Å². The van der Waals surface area contributed by atoms with E-state index in [1.165, 1.54) is 0 Å². The highest BCUT2D eigenvalue weighted by Crippen LogP contribution is 2.25. The van der Waals surface area contributed by atoms with Crippen LogP contribution in [0.15, 0.2) is 85.1 Å². The van der Waals surface area contributed by atoms with Crippen molar-refractivity contribution in [3.63, 3.8) is 0 Å². The summed E-state index contributed by atoms with van der Waals surface area (Å²) in [4.78, 5) is 13.1. The molecule has 0 aliphatic heterocycles. The van der Waals surface area contributed by atoms with Crippen molar-refractivity contribution in [1.82, 2.24) is 9.78 Å². The van der Waals surface area contributed by atoms with E-state index in [1.54, 1.807) is 47.3 Å². The molecule has 3 N–H and O–H groups in total. The van der Waals surface area contributed by atoms with Crippen molar-refractivity contribution in [1.29, 1.82) is 0 Å². The summed E-state index contributed by atoms with van der Waals surface area (Å²) in [6.45, 7) is 0.511. The van der Waals surface area contributed by atoms with Gasteiger partial charge in [-0.05, 0) is 35.4 Å². The Morgan fingerprint density at radius 3 is 2.24 bits per heavy atom. The molecule has 168 valence electrons. The maximum absolute atomic E-state index is 13.1. The van der Waals surface area contributed by atoms with Gasteiger partial charge in [0, 0.05) is 22.5 Å². The van der Waals surface area contributed by atoms with Gasteiger partial charge < -0.3 is 5.32 Å². The second-order valence-corrected chi connectivity index (χ2v) is 9.59. The van der Waals surface area contributed by atoms with Crippen LogP contribution in [0.2, 0.25) is 5.02 Å². The molecule has 0 aliphatic rings. The Hall–Kier alpha value is -3.46. The van der Waals surface area contributed by atoms with Crippen LogP contribution in [0, 0.1) is 0 Å². The first kappa shape index (κ1) is 22.7. The van der Waals surface area contributed by atoms with E-state index in [1.807, 2.05) is 42.5 Å². The lowest BCUT2D eigenvalue weighted by Crippen LogP contribution is -2.15. The lowest BCUT2D eigenvalue weighted by atomic mass is 10.1. The molecule has 4 rings (SSSR count). The number of aromatic nitrogens is 2. The average Bonchev–Trinajstić information content (AvgIpc) is 3.19. The molecule has 0 bridgehead atoms. The molecule has 3 aromatic carbocycles. The van der Waals surface area contributed by atoms with Crippen LogP contribution < -0.4 is 10.5 Å². The quantitative estimate of drug-likeness (QED) is 0.411. The molecule has 4 aromatic rings. The van der Waals surface area contributed by atoms with E-state index in [-0.39, 0.29) is 11.7 Å². The largest absolute Gasteiger partial charge is 0.322 e. The van der Waals surface area contributed by atoms with Crippen LogP contribution in [0.4, 0.5) is 5.69 Å². The fourth-order valence-corrected chi connectivity index (χ4v) is 4.16. The summed E-state index contributed by atoms with van der Waals surface area (Å²) in [6.07, 6.45) is 1.71. The zero-order chi connectivity index (χ0) is 23.4. The number of nitrogens with one attached hydrogen (secondary N) is 1. The third kappa shape index (κ3) is 6.07. The van der Waals surface area contributed by atoms with Crippen molar-refractivity contribution in [3.8, 4) is 11.3 Å². The van der Waals surface area contributed by atoms with Crippen LogP contribution in [-0.2, 0) is 22.3 Å². The monoisotopic (exact) mass is 480 g/mol. The molecule has 1 aromatic heterocycles. The number of hydrogen-bond acceptors (Lipinski definition) is 4. The van der Waals surface area contributed by atoms with Gasteiger partial charge in [0.05, 0.1) is 17.9 Å². The number of anilines is 1. The van der Waals surface area contributed by atoms with Crippen LogP contribution in [0.1, 0.15) is 21.5 Å². The summed E-state index contributed by atoms with van der Waals surface area (Å²) in [7, 11) is -3.63. The Kier molecular flexibility index (Phi) is 6.60. The highest BCUT2D eigenvalue weighted by atomic mass is 35.5. The SMILES string of the molecule is NS(=O)(=O)Cc1ccc(NC(=O)c2cn(Cc3ccccc3)nc2-c2ccc(Cl)cc2)cc1. The molecule has 7 nitrogen and oxygen atoms in total. The number of nitrogens with two attached hydrogens (primary N) is 1. The first-order valence-corrected chi connectivity index (χ1v) is 12.1. The Labute approximate surface area is 196 Å². The molecule has 9 heteroatoms. The minimum atomic E-state index is -3.63. The summed E-state index contributed by atoms with van der Waals surface area (Å²) >= 11 is 6.02. The summed E-state index contributed by atoms with van der Waals surface area (Å²) in [5.41, 5.74) is 3.82. The molecule has 0 fully saturated rings. The molecule has 1 amide bonds. The molecule has 1 heterocycles. The van der Waals surface area contributed by atoms with E-state index in [9.17, 15) is 13.2 Å². The Balaban J connectivity index is 1.61. The van der Waals surface area contributed by atoms with Crippen LogP contribution >= 0.6 is 11.6 Å². The van der Waals surface area contributed by atoms with Crippen molar-refractivity contribution < 1.29 is 13.2 Å². The van der Waals surface area contributed by atoms with Gasteiger partial charge in [-0.25, -0.2) is 13.6 Å². The van der Waals surface area contributed by atoms with Gasteiger partial charge in [-0.15, -0.1) is 0 Å². The van der Waals surface area contributed by atoms with Crippen LogP contribution in [0.5, 0.6) is 0 Å². The lowest BCUT2D eigenvalue weighted by Gasteiger charge is -2.07. The molecule has 0 aliphatic carbocycles. The van der Waals surface area contributed by atoms with Crippen molar-refractivity contribution in [3.05, 3.63) is 107 Å². The lowest BCUT2D eigenvalue weighted by molar-refractivity contribution is 0.102. The summed E-state index contributed by atoms with van der Waals surface area (Å²) in [5, 5.41) is 13.2. The minimum absolute atomic E-state index is 0.270. The minimum Gasteiger partial charge on any atom is -0.322 e. The number of nitrogens with zero attached hydrogens (tertiary/aromatic N) is 2. The number of halogens is 1. The molecular weight excluding hydrogens is 460 g/mol. The van der Waals surface area contributed by atoms with E-state index in [0.717, 1.165) is 11.1 Å². The summed E-state index contributed by atoms with van der Waals surface area (Å²) in [6, 6.07) is 23.4. The van der Waals surface area contributed by atoms with E-state index in [4.69, 9.17) is 16.7 Å². The van der Waals surface area contributed by atoms with Crippen LogP contribution in [-0.4, -0.2) is 24.1 Å². The first-order valence-electron chi connectivity index (χ1n) is 10.0. The molecule has 0 saturated heterocycles. The number of benzene rings is 3. The molecular formula is C24H21ClN4O3S. The summed E-state index contributed by atoms with van der Waals surface area (Å²) in [5.74, 6) is -0.604. The highest BCUT2D eigenvalue weighted by Gasteiger charge is 2.19. The van der Waals surface area contributed by atoms with Crippen molar-refractivity contribution in [2.75, 3.05) is 5.32 Å². The fourth-order valence-electron chi connectivity index (χ4n) is 3.38. The Morgan fingerprint density at radius 1 is 0.939 bits per heavy atom. The van der Waals surface area contributed by atoms with E-state index < -0.39 is 10.0 Å². The predicted octanol–water partition coefficient (Wildman–Crippen LogP) is 4.29. The van der Waals surface area contributed by atoms with Crippen molar-refractivity contribution in [2.45, 2.75) is 12.3 Å². The topological polar surface area (TPSA) is 107 Å². The van der Waals surface area contributed by atoms with Gasteiger partial charge in [0.1, 0.15) is 5.69 Å². The van der Waals surface area contributed by atoms with Crippen molar-refractivity contribution in [2.24, 2.45) is 5.14 Å². The van der Waals surface area contributed by atoms with Gasteiger partial charge in [-0.1, -0.05) is 66.2 Å². The second kappa shape index (κ2) is 9.58. The van der Waals surface area contributed by atoms with Gasteiger partial charge >= 0.3 is 0 Å². The average molecular weight is 481 g/mol. The van der Waals surface area contributed by atoms with Gasteiger partial charge in [-0.2, -0.15) is 5.10 Å². The zero-order valence-corrected chi connectivity index (χ0v) is 19.1. The van der Waals surface area contributed by atoms with Crippen LogP contribution in [0.25, 0.3) is 11.3 Å². The number of rotatable bonds is 7. The van der Waals surface area contributed by atoms with Gasteiger partial charge in [0.15, 0.2) is 0 Å².